The van der Waals surface area contributed by atoms with Gasteiger partial charge in [0.15, 0.2) is 5.76 Å². The highest BCUT2D eigenvalue weighted by atomic mass is 32.2. The summed E-state index contributed by atoms with van der Waals surface area (Å²) in [6.07, 6.45) is 2.47. The predicted octanol–water partition coefficient (Wildman–Crippen LogP) is 4.33. The molecule has 6 heteroatoms. The van der Waals surface area contributed by atoms with Crippen LogP contribution < -0.4 is 4.72 Å². The van der Waals surface area contributed by atoms with Crippen LogP contribution in [0.1, 0.15) is 20.3 Å². The van der Waals surface area contributed by atoms with Crippen molar-refractivity contribution in [3.05, 3.63) is 60.8 Å². The van der Waals surface area contributed by atoms with Crippen molar-refractivity contribution in [3.8, 4) is 22.8 Å². The highest BCUT2D eigenvalue weighted by Crippen LogP contribution is 2.26. The lowest BCUT2D eigenvalue weighted by atomic mass is 10.1. The summed E-state index contributed by atoms with van der Waals surface area (Å²) in [5.74, 6) is 1.58. The van der Waals surface area contributed by atoms with Gasteiger partial charge in [-0.15, -0.1) is 0 Å². The third-order valence-electron chi connectivity index (χ3n) is 3.99. The molecule has 3 aromatic rings. The molecule has 0 atom stereocenters. The number of oxazole rings is 1. The first kappa shape index (κ1) is 18.4. The zero-order valence-electron chi connectivity index (χ0n) is 14.8. The fourth-order valence-electron chi connectivity index (χ4n) is 2.49. The zero-order chi connectivity index (χ0) is 18.6. The summed E-state index contributed by atoms with van der Waals surface area (Å²) in [6.45, 7) is 4.55. The summed E-state index contributed by atoms with van der Waals surface area (Å²) in [6, 6.07) is 16.3. The highest BCUT2D eigenvalue weighted by Gasteiger charge is 2.15. The van der Waals surface area contributed by atoms with Gasteiger partial charge in [-0.05, 0) is 36.6 Å². The molecule has 0 aliphatic rings. The molecule has 0 unspecified atom stereocenters. The number of hydrogen-bond acceptors (Lipinski definition) is 4. The average molecular weight is 370 g/mol. The molecule has 0 saturated carbocycles. The Morgan fingerprint density at radius 2 is 1.69 bits per heavy atom. The van der Waals surface area contributed by atoms with Crippen LogP contribution in [0.25, 0.3) is 22.8 Å². The molecule has 0 bridgehead atoms. The van der Waals surface area contributed by atoms with Gasteiger partial charge in [0.1, 0.15) is 0 Å². The Bertz CT molecular complexity index is 946. The van der Waals surface area contributed by atoms with E-state index in [1.165, 1.54) is 0 Å². The Balaban J connectivity index is 1.75. The standard InChI is InChI=1S/C20H22N2O3S/c1-15(2)12-13-22-26(23,24)18-10-8-17(9-11-18)20-21-14-19(25-20)16-6-4-3-5-7-16/h3-11,14-15,22H,12-13H2,1-2H3. The Labute approximate surface area is 154 Å². The molecule has 0 fully saturated rings. The van der Waals surface area contributed by atoms with Gasteiger partial charge in [-0.2, -0.15) is 0 Å². The molecule has 26 heavy (non-hydrogen) atoms. The molecule has 0 spiro atoms. The summed E-state index contributed by atoms with van der Waals surface area (Å²) in [7, 11) is -3.49. The van der Waals surface area contributed by atoms with Gasteiger partial charge in [-0.3, -0.25) is 0 Å². The van der Waals surface area contributed by atoms with Gasteiger partial charge in [-0.25, -0.2) is 18.1 Å². The monoisotopic (exact) mass is 370 g/mol. The van der Waals surface area contributed by atoms with E-state index >= 15 is 0 Å². The SMILES string of the molecule is CC(C)CCNS(=O)(=O)c1ccc(-c2ncc(-c3ccccc3)o2)cc1. The van der Waals surface area contributed by atoms with Crippen molar-refractivity contribution in [2.75, 3.05) is 6.54 Å². The fourth-order valence-corrected chi connectivity index (χ4v) is 3.53. The number of nitrogens with one attached hydrogen (secondary N) is 1. The molecule has 136 valence electrons. The van der Waals surface area contributed by atoms with E-state index in [4.69, 9.17) is 4.42 Å². The number of aromatic nitrogens is 1. The van der Waals surface area contributed by atoms with Crippen LogP contribution in [0.4, 0.5) is 0 Å². The summed E-state index contributed by atoms with van der Waals surface area (Å²) in [4.78, 5) is 4.53. The van der Waals surface area contributed by atoms with Crippen molar-refractivity contribution in [1.29, 1.82) is 0 Å². The molecule has 0 radical (unpaired) electrons. The number of benzene rings is 2. The van der Waals surface area contributed by atoms with Crippen molar-refractivity contribution in [2.45, 2.75) is 25.2 Å². The lowest BCUT2D eigenvalue weighted by Gasteiger charge is -2.08. The first-order valence-electron chi connectivity index (χ1n) is 8.57. The number of rotatable bonds is 7. The maximum absolute atomic E-state index is 12.3. The van der Waals surface area contributed by atoms with Gasteiger partial charge in [-0.1, -0.05) is 44.2 Å². The second kappa shape index (κ2) is 7.85. The minimum absolute atomic E-state index is 0.236. The topological polar surface area (TPSA) is 72.2 Å². The van der Waals surface area contributed by atoms with Crippen LogP contribution in [0.5, 0.6) is 0 Å². The first-order valence-corrected chi connectivity index (χ1v) is 10.1. The van der Waals surface area contributed by atoms with Crippen LogP contribution in [-0.2, 0) is 10.0 Å². The summed E-state index contributed by atoms with van der Waals surface area (Å²) in [5, 5.41) is 0. The molecule has 2 aromatic carbocycles. The van der Waals surface area contributed by atoms with Crippen LogP contribution in [-0.4, -0.2) is 19.9 Å². The quantitative estimate of drug-likeness (QED) is 0.672. The smallest absolute Gasteiger partial charge is 0.240 e. The van der Waals surface area contributed by atoms with Crippen molar-refractivity contribution < 1.29 is 12.8 Å². The average Bonchev–Trinajstić information content (AvgIpc) is 3.12. The number of sulfonamides is 1. The fraction of sp³-hybridized carbons (Fsp3) is 0.250. The van der Waals surface area contributed by atoms with Gasteiger partial charge in [0.25, 0.3) is 0 Å². The molecule has 1 heterocycles. The number of nitrogens with zero attached hydrogens (tertiary/aromatic N) is 1. The molecular formula is C20H22N2O3S. The third-order valence-corrected chi connectivity index (χ3v) is 5.47. The minimum Gasteiger partial charge on any atom is -0.436 e. The molecule has 3 rings (SSSR count). The maximum Gasteiger partial charge on any atom is 0.240 e. The van der Waals surface area contributed by atoms with Gasteiger partial charge in [0.05, 0.1) is 11.1 Å². The van der Waals surface area contributed by atoms with Gasteiger partial charge < -0.3 is 4.42 Å². The molecule has 0 saturated heterocycles. The molecule has 1 aromatic heterocycles. The van der Waals surface area contributed by atoms with E-state index in [-0.39, 0.29) is 4.90 Å². The van der Waals surface area contributed by atoms with Crippen LogP contribution in [0.3, 0.4) is 0 Å². The highest BCUT2D eigenvalue weighted by molar-refractivity contribution is 7.89. The van der Waals surface area contributed by atoms with E-state index < -0.39 is 10.0 Å². The van der Waals surface area contributed by atoms with E-state index in [1.54, 1.807) is 30.5 Å². The van der Waals surface area contributed by atoms with E-state index in [9.17, 15) is 8.42 Å². The van der Waals surface area contributed by atoms with Gasteiger partial charge in [0, 0.05) is 17.7 Å². The Morgan fingerprint density at radius 1 is 1.00 bits per heavy atom. The maximum atomic E-state index is 12.3. The van der Waals surface area contributed by atoms with Crippen molar-refractivity contribution in [2.24, 2.45) is 5.92 Å². The van der Waals surface area contributed by atoms with Crippen LogP contribution in [0.15, 0.2) is 70.1 Å². The third kappa shape index (κ3) is 4.39. The van der Waals surface area contributed by atoms with Crippen molar-refractivity contribution in [3.63, 3.8) is 0 Å². The van der Waals surface area contributed by atoms with E-state index in [0.717, 1.165) is 17.5 Å². The van der Waals surface area contributed by atoms with Crippen molar-refractivity contribution in [1.82, 2.24) is 9.71 Å². The molecular weight excluding hydrogens is 348 g/mol. The lowest BCUT2D eigenvalue weighted by Crippen LogP contribution is -2.25. The van der Waals surface area contributed by atoms with Crippen LogP contribution >= 0.6 is 0 Å². The second-order valence-electron chi connectivity index (χ2n) is 6.50. The van der Waals surface area contributed by atoms with Gasteiger partial charge in [0.2, 0.25) is 15.9 Å². The number of hydrogen-bond donors (Lipinski definition) is 1. The summed E-state index contributed by atoms with van der Waals surface area (Å²) in [5.41, 5.74) is 1.67. The Morgan fingerprint density at radius 3 is 2.35 bits per heavy atom. The van der Waals surface area contributed by atoms with Crippen LogP contribution in [0.2, 0.25) is 0 Å². The summed E-state index contributed by atoms with van der Waals surface area (Å²) >= 11 is 0. The molecule has 5 nitrogen and oxygen atoms in total. The predicted molar refractivity (Wildman–Crippen MR) is 102 cm³/mol. The second-order valence-corrected chi connectivity index (χ2v) is 8.27. The van der Waals surface area contributed by atoms with E-state index in [2.05, 4.69) is 23.6 Å². The molecule has 0 aliphatic carbocycles. The van der Waals surface area contributed by atoms with E-state index in [1.807, 2.05) is 30.3 Å². The first-order chi connectivity index (χ1) is 12.5. The lowest BCUT2D eigenvalue weighted by molar-refractivity contribution is 0.551. The normalized spacial score (nSPS) is 11.8. The van der Waals surface area contributed by atoms with E-state index in [0.29, 0.717) is 24.1 Å². The van der Waals surface area contributed by atoms with Gasteiger partial charge >= 0.3 is 0 Å². The largest absolute Gasteiger partial charge is 0.436 e. The van der Waals surface area contributed by atoms with Crippen molar-refractivity contribution >= 4 is 10.0 Å². The Hall–Kier alpha value is -2.44. The minimum atomic E-state index is -3.49. The Kier molecular flexibility index (Phi) is 5.54. The molecule has 0 amide bonds. The van der Waals surface area contributed by atoms with Crippen LogP contribution in [0, 0.1) is 5.92 Å². The summed E-state index contributed by atoms with van der Waals surface area (Å²) < 4.78 is 33.0. The molecule has 1 N–H and O–H groups in total. The zero-order valence-corrected chi connectivity index (χ0v) is 15.7. The molecule has 0 aliphatic heterocycles.